The van der Waals surface area contributed by atoms with Crippen LogP contribution in [0.15, 0.2) is 24.4 Å². The number of carbonyl (C=O) groups is 2. The second-order valence-electron chi connectivity index (χ2n) is 4.17. The van der Waals surface area contributed by atoms with E-state index < -0.39 is 23.3 Å². The van der Waals surface area contributed by atoms with E-state index in [0.717, 1.165) is 0 Å². The SMILES string of the molecule is NC(=O)C1CNC(C(N)=O)(c2ccccn2)C1. The minimum Gasteiger partial charge on any atom is -0.369 e. The third-order valence-electron chi connectivity index (χ3n) is 3.13. The van der Waals surface area contributed by atoms with Crippen LogP contribution in [0.25, 0.3) is 0 Å². The highest BCUT2D eigenvalue weighted by Gasteiger charge is 2.47. The van der Waals surface area contributed by atoms with Crippen LogP contribution in [0, 0.1) is 5.92 Å². The van der Waals surface area contributed by atoms with Gasteiger partial charge in [0.25, 0.3) is 0 Å². The fourth-order valence-electron chi connectivity index (χ4n) is 2.14. The largest absolute Gasteiger partial charge is 0.369 e. The third kappa shape index (κ3) is 1.87. The maximum Gasteiger partial charge on any atom is 0.243 e. The molecule has 2 rings (SSSR count). The summed E-state index contributed by atoms with van der Waals surface area (Å²) in [7, 11) is 0. The fraction of sp³-hybridized carbons (Fsp3) is 0.364. The molecule has 90 valence electrons. The monoisotopic (exact) mass is 234 g/mol. The van der Waals surface area contributed by atoms with Crippen molar-refractivity contribution in [3.63, 3.8) is 0 Å². The van der Waals surface area contributed by atoms with Gasteiger partial charge in [-0.1, -0.05) is 6.07 Å². The van der Waals surface area contributed by atoms with Crippen LogP contribution in [-0.4, -0.2) is 23.3 Å². The molecule has 1 aliphatic rings. The summed E-state index contributed by atoms with van der Waals surface area (Å²) >= 11 is 0. The molecule has 1 saturated heterocycles. The lowest BCUT2D eigenvalue weighted by molar-refractivity contribution is -0.124. The van der Waals surface area contributed by atoms with E-state index in [0.29, 0.717) is 12.2 Å². The Morgan fingerprint density at radius 3 is 2.65 bits per heavy atom. The smallest absolute Gasteiger partial charge is 0.243 e. The summed E-state index contributed by atoms with van der Waals surface area (Å²) in [5.41, 5.74) is 10.1. The molecule has 2 atom stereocenters. The molecule has 0 bridgehead atoms. The van der Waals surface area contributed by atoms with Gasteiger partial charge in [-0.15, -0.1) is 0 Å². The normalized spacial score (nSPS) is 27.9. The van der Waals surface area contributed by atoms with E-state index >= 15 is 0 Å². The Kier molecular flexibility index (Phi) is 2.81. The number of primary amides is 2. The van der Waals surface area contributed by atoms with Crippen molar-refractivity contribution in [2.75, 3.05) is 6.54 Å². The van der Waals surface area contributed by atoms with Crippen molar-refractivity contribution in [1.29, 1.82) is 0 Å². The van der Waals surface area contributed by atoms with Gasteiger partial charge in [0.2, 0.25) is 11.8 Å². The molecule has 6 nitrogen and oxygen atoms in total. The minimum atomic E-state index is -1.08. The quantitative estimate of drug-likeness (QED) is 0.613. The lowest BCUT2D eigenvalue weighted by atomic mass is 9.88. The molecule has 1 aromatic heterocycles. The maximum absolute atomic E-state index is 11.7. The molecular formula is C11H14N4O2. The molecule has 0 aromatic carbocycles. The van der Waals surface area contributed by atoms with Crippen molar-refractivity contribution in [3.05, 3.63) is 30.1 Å². The van der Waals surface area contributed by atoms with Crippen molar-refractivity contribution in [2.45, 2.75) is 12.0 Å². The number of nitrogens with one attached hydrogen (secondary N) is 1. The summed E-state index contributed by atoms with van der Waals surface area (Å²) in [5, 5.41) is 2.98. The van der Waals surface area contributed by atoms with Crippen molar-refractivity contribution >= 4 is 11.8 Å². The Bertz CT molecular complexity index is 448. The average molecular weight is 234 g/mol. The van der Waals surface area contributed by atoms with Crippen LogP contribution >= 0.6 is 0 Å². The second kappa shape index (κ2) is 4.14. The molecule has 0 spiro atoms. The zero-order valence-corrected chi connectivity index (χ0v) is 9.22. The molecule has 0 radical (unpaired) electrons. The van der Waals surface area contributed by atoms with Crippen LogP contribution in [0.5, 0.6) is 0 Å². The first-order valence-corrected chi connectivity index (χ1v) is 5.32. The number of aromatic nitrogens is 1. The molecule has 5 N–H and O–H groups in total. The van der Waals surface area contributed by atoms with Crippen LogP contribution in [0.4, 0.5) is 0 Å². The molecular weight excluding hydrogens is 220 g/mol. The van der Waals surface area contributed by atoms with Crippen LogP contribution in [0.2, 0.25) is 0 Å². The van der Waals surface area contributed by atoms with E-state index in [9.17, 15) is 9.59 Å². The van der Waals surface area contributed by atoms with Crippen LogP contribution in [0.3, 0.4) is 0 Å². The Morgan fingerprint density at radius 1 is 1.41 bits per heavy atom. The van der Waals surface area contributed by atoms with E-state index in [4.69, 9.17) is 11.5 Å². The standard InChI is InChI=1S/C11H14N4O2/c12-9(16)7-5-11(10(13)17,15-6-7)8-3-1-2-4-14-8/h1-4,7,15H,5-6H2,(H2,12,16)(H2,13,17). The van der Waals surface area contributed by atoms with Gasteiger partial charge in [0.1, 0.15) is 5.54 Å². The molecule has 6 heteroatoms. The number of amides is 2. The Balaban J connectivity index is 2.37. The van der Waals surface area contributed by atoms with Gasteiger partial charge in [-0.3, -0.25) is 19.9 Å². The van der Waals surface area contributed by atoms with Gasteiger partial charge in [-0.2, -0.15) is 0 Å². The van der Waals surface area contributed by atoms with Gasteiger partial charge in [-0.05, 0) is 18.6 Å². The van der Waals surface area contributed by atoms with Gasteiger partial charge >= 0.3 is 0 Å². The lowest BCUT2D eigenvalue weighted by Gasteiger charge is -2.25. The zero-order valence-electron chi connectivity index (χ0n) is 9.22. The van der Waals surface area contributed by atoms with Crippen LogP contribution < -0.4 is 16.8 Å². The summed E-state index contributed by atoms with van der Waals surface area (Å²) in [6.45, 7) is 0.342. The Labute approximate surface area is 98.4 Å². The molecule has 2 unspecified atom stereocenters. The van der Waals surface area contributed by atoms with Crippen molar-refractivity contribution in [2.24, 2.45) is 17.4 Å². The zero-order chi connectivity index (χ0) is 12.5. The molecule has 1 aliphatic heterocycles. The van der Waals surface area contributed by atoms with Crippen molar-refractivity contribution in [1.82, 2.24) is 10.3 Å². The van der Waals surface area contributed by atoms with Gasteiger partial charge in [-0.25, -0.2) is 0 Å². The fourth-order valence-corrected chi connectivity index (χ4v) is 2.14. The summed E-state index contributed by atoms with van der Waals surface area (Å²) in [4.78, 5) is 26.9. The highest BCUT2D eigenvalue weighted by molar-refractivity contribution is 5.88. The number of hydrogen-bond donors (Lipinski definition) is 3. The Morgan fingerprint density at radius 2 is 2.18 bits per heavy atom. The van der Waals surface area contributed by atoms with Crippen LogP contribution in [-0.2, 0) is 15.1 Å². The molecule has 0 saturated carbocycles. The number of carbonyl (C=O) groups excluding carboxylic acids is 2. The highest BCUT2D eigenvalue weighted by Crippen LogP contribution is 2.32. The number of pyridine rings is 1. The molecule has 0 aliphatic carbocycles. The second-order valence-corrected chi connectivity index (χ2v) is 4.17. The Hall–Kier alpha value is -1.95. The van der Waals surface area contributed by atoms with E-state index in [-0.39, 0.29) is 6.42 Å². The van der Waals surface area contributed by atoms with E-state index in [2.05, 4.69) is 10.3 Å². The summed E-state index contributed by atoms with van der Waals surface area (Å²) in [5.74, 6) is -1.37. The summed E-state index contributed by atoms with van der Waals surface area (Å²) < 4.78 is 0. The predicted molar refractivity (Wildman–Crippen MR) is 60.4 cm³/mol. The first kappa shape index (κ1) is 11.5. The topological polar surface area (TPSA) is 111 Å². The average Bonchev–Trinajstić information content (AvgIpc) is 2.76. The number of nitrogens with zero attached hydrogens (tertiary/aromatic N) is 1. The van der Waals surface area contributed by atoms with Gasteiger partial charge in [0.05, 0.1) is 11.6 Å². The number of nitrogens with two attached hydrogens (primary N) is 2. The maximum atomic E-state index is 11.7. The van der Waals surface area contributed by atoms with Gasteiger partial charge < -0.3 is 11.5 Å². The van der Waals surface area contributed by atoms with Gasteiger partial charge in [0.15, 0.2) is 0 Å². The van der Waals surface area contributed by atoms with Crippen molar-refractivity contribution < 1.29 is 9.59 Å². The first-order valence-electron chi connectivity index (χ1n) is 5.32. The van der Waals surface area contributed by atoms with Crippen molar-refractivity contribution in [3.8, 4) is 0 Å². The molecule has 1 fully saturated rings. The summed E-state index contributed by atoms with van der Waals surface area (Å²) in [6, 6.07) is 5.23. The van der Waals surface area contributed by atoms with Gasteiger partial charge in [0, 0.05) is 12.7 Å². The molecule has 1 aromatic rings. The predicted octanol–water partition coefficient (Wildman–Crippen LogP) is -1.14. The van der Waals surface area contributed by atoms with E-state index in [1.807, 2.05) is 0 Å². The lowest BCUT2D eigenvalue weighted by Crippen LogP contribution is -2.49. The first-order chi connectivity index (χ1) is 8.06. The minimum absolute atomic E-state index is 0.259. The summed E-state index contributed by atoms with van der Waals surface area (Å²) in [6.07, 6.45) is 1.84. The number of hydrogen-bond acceptors (Lipinski definition) is 4. The van der Waals surface area contributed by atoms with E-state index in [1.54, 1.807) is 24.4 Å². The molecule has 2 heterocycles. The highest BCUT2D eigenvalue weighted by atomic mass is 16.2. The molecule has 17 heavy (non-hydrogen) atoms. The van der Waals surface area contributed by atoms with Crippen LogP contribution in [0.1, 0.15) is 12.1 Å². The molecule has 2 amide bonds. The number of rotatable bonds is 3. The third-order valence-corrected chi connectivity index (χ3v) is 3.13. The van der Waals surface area contributed by atoms with E-state index in [1.165, 1.54) is 0 Å².